The molecule has 2 atom stereocenters. The molecule has 288 valence electrons. The van der Waals surface area contributed by atoms with E-state index in [9.17, 15) is 28.8 Å². The SMILES string of the molecule is CCC(=O)C(CN)NC(=O)N1C(=O)/C(=C\c2[nH]c(C)cc2C)c2ccccc21.[3H]CC(=O)C(N)CNC(=O)N1C(=O)/C(=C\c2[nH]c(C)cc2C)c2ccccc21.[3H][3H]. The lowest BCUT2D eigenvalue weighted by molar-refractivity contribution is -0.120. The van der Waals surface area contributed by atoms with E-state index in [2.05, 4.69) is 20.6 Å². The summed E-state index contributed by atoms with van der Waals surface area (Å²) in [6.45, 7) is 8.85. The molecular formula is C41H48N8O6. The zero-order valence-corrected chi connectivity index (χ0v) is 31.4. The highest BCUT2D eigenvalue weighted by Gasteiger charge is 2.38. The van der Waals surface area contributed by atoms with Crippen LogP contribution in [0.25, 0.3) is 23.3 Å². The van der Waals surface area contributed by atoms with Crippen LogP contribution >= 0.6 is 0 Å². The number of benzene rings is 2. The Kier molecular flexibility index (Phi) is 11.3. The van der Waals surface area contributed by atoms with Gasteiger partial charge in [-0.1, -0.05) is 43.3 Å². The third-order valence-electron chi connectivity index (χ3n) is 9.26. The highest BCUT2D eigenvalue weighted by Crippen LogP contribution is 2.39. The molecule has 14 nitrogen and oxygen atoms in total. The van der Waals surface area contributed by atoms with E-state index in [0.29, 0.717) is 33.6 Å². The van der Waals surface area contributed by atoms with Gasteiger partial charge in [0.2, 0.25) is 0 Å². The fraction of sp³-hybridized carbons (Fsp3) is 0.268. The minimum absolute atomic E-state index is 0.0221. The summed E-state index contributed by atoms with van der Waals surface area (Å²) in [5.41, 5.74) is 20.0. The molecular weight excluding hydrogens is 701 g/mol. The van der Waals surface area contributed by atoms with E-state index in [1.54, 1.807) is 61.5 Å². The van der Waals surface area contributed by atoms with Crippen molar-refractivity contribution in [1.82, 2.24) is 20.6 Å². The van der Waals surface area contributed by atoms with Crippen LogP contribution in [-0.4, -0.2) is 70.6 Å². The predicted molar refractivity (Wildman–Crippen MR) is 215 cm³/mol. The number of hydrogen-bond acceptors (Lipinski definition) is 8. The number of urea groups is 2. The Balaban J connectivity index is 0.000000246. The van der Waals surface area contributed by atoms with Crippen LogP contribution in [0.4, 0.5) is 21.0 Å². The number of nitrogens with one attached hydrogen (secondary N) is 4. The molecule has 14 heteroatoms. The minimum Gasteiger partial charge on any atom is -0.359 e. The lowest BCUT2D eigenvalue weighted by Gasteiger charge is -2.20. The first-order valence-electron chi connectivity index (χ1n) is 19.4. The van der Waals surface area contributed by atoms with Crippen molar-refractivity contribution in [3.63, 3.8) is 0 Å². The Hall–Kier alpha value is -6.38. The molecule has 0 saturated carbocycles. The number of carbonyl (C=O) groups excluding carboxylic acids is 6. The molecule has 2 aromatic carbocycles. The molecule has 0 spiro atoms. The van der Waals surface area contributed by atoms with Gasteiger partial charge in [0.15, 0.2) is 5.78 Å². The molecule has 2 aliphatic heterocycles. The molecule has 2 aliphatic rings. The Bertz CT molecular complexity index is 2280. The van der Waals surface area contributed by atoms with Crippen LogP contribution in [0, 0.1) is 27.7 Å². The number of amides is 6. The van der Waals surface area contributed by atoms with Crippen LogP contribution in [0.15, 0.2) is 60.7 Å². The van der Waals surface area contributed by atoms with Gasteiger partial charge in [-0.05, 0) is 82.1 Å². The first-order chi connectivity index (χ1) is 27.7. The van der Waals surface area contributed by atoms with E-state index >= 15 is 0 Å². The van der Waals surface area contributed by atoms with Gasteiger partial charge in [0.1, 0.15) is 11.8 Å². The molecule has 2 aromatic heterocycles. The zero-order valence-electron chi connectivity index (χ0n) is 34.4. The van der Waals surface area contributed by atoms with Crippen LogP contribution in [0.1, 0.15) is 69.6 Å². The maximum atomic E-state index is 13.1. The van der Waals surface area contributed by atoms with E-state index in [4.69, 9.17) is 15.8 Å². The molecule has 0 saturated heterocycles. The van der Waals surface area contributed by atoms with Crippen LogP contribution in [0.5, 0.6) is 0 Å². The average Bonchev–Trinajstić information content (AvgIpc) is 3.91. The second-order valence-corrected chi connectivity index (χ2v) is 13.3. The molecule has 6 rings (SSSR count). The number of carbonyl (C=O) groups is 6. The first kappa shape index (κ1) is 37.0. The number of fused-ring (bicyclic) bond motifs is 2. The maximum Gasteiger partial charge on any atom is 0.329 e. The Labute approximate surface area is 323 Å². The summed E-state index contributed by atoms with van der Waals surface area (Å²) < 4.78 is 17.1. The van der Waals surface area contributed by atoms with Crippen LogP contribution in [0.2, 0.25) is 0 Å². The van der Waals surface area contributed by atoms with Crippen molar-refractivity contribution in [1.29, 1.82) is 0 Å². The number of H-pyrrole nitrogens is 2. The van der Waals surface area contributed by atoms with Crippen molar-refractivity contribution < 1.29 is 33.1 Å². The summed E-state index contributed by atoms with van der Waals surface area (Å²) in [7, 11) is 0. The summed E-state index contributed by atoms with van der Waals surface area (Å²) in [5.74, 6) is -1.55. The Morgan fingerprint density at radius 1 is 0.836 bits per heavy atom. The minimum atomic E-state index is -0.978. The van der Waals surface area contributed by atoms with Crippen LogP contribution in [0.3, 0.4) is 0 Å². The van der Waals surface area contributed by atoms with Crippen molar-refractivity contribution >= 4 is 70.1 Å². The number of anilines is 2. The molecule has 6 amide bonds. The van der Waals surface area contributed by atoms with Gasteiger partial charge in [-0.15, -0.1) is 0 Å². The first-order valence-corrected chi connectivity index (χ1v) is 17.7. The quantitative estimate of drug-likeness (QED) is 0.129. The number of imide groups is 2. The van der Waals surface area contributed by atoms with Gasteiger partial charge < -0.3 is 32.1 Å². The number of nitrogens with zero attached hydrogens (tertiary/aromatic N) is 2. The normalized spacial score (nSPS) is 16.1. The fourth-order valence-corrected chi connectivity index (χ4v) is 6.37. The average molecular weight is 755 g/mol. The monoisotopic (exact) mass is 754 g/mol. The van der Waals surface area contributed by atoms with Crippen molar-refractivity contribution in [2.75, 3.05) is 22.9 Å². The Morgan fingerprint density at radius 2 is 1.31 bits per heavy atom. The molecule has 4 heterocycles. The molecule has 8 N–H and O–H groups in total. The maximum absolute atomic E-state index is 13.1. The third kappa shape index (κ3) is 8.40. The fourth-order valence-electron chi connectivity index (χ4n) is 6.37. The van der Waals surface area contributed by atoms with Gasteiger partial charge >= 0.3 is 12.1 Å². The Morgan fingerprint density at radius 3 is 1.73 bits per heavy atom. The number of para-hydroxylation sites is 2. The van der Waals surface area contributed by atoms with E-state index in [1.807, 2.05) is 45.9 Å². The van der Waals surface area contributed by atoms with Gasteiger partial charge in [-0.2, -0.15) is 0 Å². The lowest BCUT2D eigenvalue weighted by atomic mass is 10.1. The molecule has 0 radical (unpaired) electrons. The number of rotatable bonds is 9. The van der Waals surface area contributed by atoms with Gasteiger partial charge in [0.05, 0.1) is 28.6 Å². The highest BCUT2D eigenvalue weighted by molar-refractivity contribution is 6.43. The second kappa shape index (κ2) is 16.7. The third-order valence-corrected chi connectivity index (χ3v) is 9.26. The van der Waals surface area contributed by atoms with Crippen molar-refractivity contribution in [2.45, 2.75) is 60.0 Å². The van der Waals surface area contributed by atoms with Crippen molar-refractivity contribution in [3.8, 4) is 0 Å². The summed E-state index contributed by atoms with van der Waals surface area (Å²) in [4.78, 5) is 83.5. The molecule has 0 aliphatic carbocycles. The number of Topliss-reactive ketones (excluding diaryl/α,β-unsaturated/α-hetero) is 2. The second-order valence-electron chi connectivity index (χ2n) is 13.3. The number of ketones is 2. The summed E-state index contributed by atoms with van der Waals surface area (Å²) in [5, 5.41) is 5.10. The number of aromatic nitrogens is 2. The molecule has 4 aromatic rings. The predicted octanol–water partition coefficient (Wildman–Crippen LogP) is 4.93. The van der Waals surface area contributed by atoms with Gasteiger partial charge in [-0.3, -0.25) is 19.2 Å². The van der Waals surface area contributed by atoms with Gasteiger partial charge in [0, 0.05) is 57.8 Å². The highest BCUT2D eigenvalue weighted by atomic mass is 16.2. The van der Waals surface area contributed by atoms with E-state index in [-0.39, 0.29) is 25.3 Å². The van der Waals surface area contributed by atoms with Crippen molar-refractivity contribution in [3.05, 3.63) is 106 Å². The standard InChI is InChI=1S/C21H24N4O3.C20H22N4O3.H2/c1-4-19(26)17(11-22)24-21(28)25-18-8-6-5-7-14(18)15(20(25)27)10-16-12(2)9-13(3)23-16;1-11-8-12(2)23-17(11)9-15-14-6-4-5-7-18(14)24(19(15)26)20(27)22-10-16(21)13(3)25;/h5-10,17,23H,4,11,22H2,1-3H3,(H,24,28);4-9,16,23H,10,21H2,1-3H3,(H,22,27);1H/b15-10-;15-9-;/i;3T;1+2T. The smallest absolute Gasteiger partial charge is 0.329 e. The summed E-state index contributed by atoms with van der Waals surface area (Å²) in [6.07, 6.45) is 3.75. The van der Waals surface area contributed by atoms with Crippen LogP contribution in [-0.2, 0) is 19.2 Å². The number of nitrogens with two attached hydrogens (primary N) is 2. The van der Waals surface area contributed by atoms with E-state index < -0.39 is 48.6 Å². The summed E-state index contributed by atoms with van der Waals surface area (Å²) in [6, 6.07) is 15.0. The van der Waals surface area contributed by atoms with Gasteiger partial charge in [-0.25, -0.2) is 19.4 Å². The van der Waals surface area contributed by atoms with E-state index in [0.717, 1.165) is 43.7 Å². The molecule has 0 bridgehead atoms. The number of aromatic amines is 2. The number of hydrogen-bond donors (Lipinski definition) is 6. The zero-order chi connectivity index (χ0) is 42.8. The van der Waals surface area contributed by atoms with E-state index in [1.165, 1.54) is 0 Å². The number of aryl methyl sites for hydroxylation is 4. The van der Waals surface area contributed by atoms with Crippen molar-refractivity contribution in [2.24, 2.45) is 11.5 Å². The molecule has 2 unspecified atom stereocenters. The largest absolute Gasteiger partial charge is 0.359 e. The topological polar surface area (TPSA) is 217 Å². The van der Waals surface area contributed by atoms with Gasteiger partial charge in [0.25, 0.3) is 11.8 Å². The summed E-state index contributed by atoms with van der Waals surface area (Å²) >= 11 is 0. The van der Waals surface area contributed by atoms with Crippen LogP contribution < -0.4 is 31.9 Å². The lowest BCUT2D eigenvalue weighted by Crippen LogP contribution is -2.51. The molecule has 55 heavy (non-hydrogen) atoms. The molecule has 0 fully saturated rings.